The number of epoxide rings is 1. The molecule has 0 aromatic carbocycles. The summed E-state index contributed by atoms with van der Waals surface area (Å²) in [7, 11) is 0. The van der Waals surface area contributed by atoms with E-state index in [-0.39, 0.29) is 0 Å². The number of ether oxygens (including phenoxy) is 1. The lowest BCUT2D eigenvalue weighted by molar-refractivity contribution is 0.141. The maximum absolute atomic E-state index is 5.64. The molecule has 0 spiro atoms. The number of fused-ring (bicyclic) bond motifs is 1. The zero-order valence-corrected chi connectivity index (χ0v) is 6.75. The zero-order chi connectivity index (χ0) is 7.05. The molecule has 0 radical (unpaired) electrons. The Morgan fingerprint density at radius 1 is 1.18 bits per heavy atom. The normalized spacial score (nSPS) is 69.8. The largest absolute Gasteiger partial charge is 0.369 e. The van der Waals surface area contributed by atoms with E-state index in [0.717, 1.165) is 29.5 Å². The molecule has 0 aromatic heterocycles. The van der Waals surface area contributed by atoms with Gasteiger partial charge in [0.25, 0.3) is 0 Å². The number of hydrogen-bond donors (Lipinski definition) is 0. The third-order valence-corrected chi connectivity index (χ3v) is 4.82. The van der Waals surface area contributed by atoms with E-state index < -0.39 is 0 Å². The van der Waals surface area contributed by atoms with E-state index in [1.165, 1.54) is 19.3 Å². The summed E-state index contributed by atoms with van der Waals surface area (Å²) in [6, 6.07) is 0. The highest BCUT2D eigenvalue weighted by Gasteiger charge is 2.69. The average Bonchev–Trinajstić information content (AvgIpc) is 2.44. The third-order valence-electron chi connectivity index (χ3n) is 4.82. The van der Waals surface area contributed by atoms with Crippen LogP contribution >= 0.6 is 0 Å². The van der Waals surface area contributed by atoms with Gasteiger partial charge in [-0.3, -0.25) is 0 Å². The molecule has 2 bridgehead atoms. The Morgan fingerprint density at radius 2 is 2.00 bits per heavy atom. The highest BCUT2D eigenvalue weighted by molar-refractivity contribution is 5.17. The van der Waals surface area contributed by atoms with Crippen molar-refractivity contribution in [3.8, 4) is 0 Å². The summed E-state index contributed by atoms with van der Waals surface area (Å²) in [5, 5.41) is 0. The van der Waals surface area contributed by atoms with Crippen LogP contribution in [0.1, 0.15) is 32.1 Å². The molecule has 1 heterocycles. The van der Waals surface area contributed by atoms with Gasteiger partial charge in [-0.15, -0.1) is 0 Å². The van der Waals surface area contributed by atoms with Crippen molar-refractivity contribution in [3.63, 3.8) is 0 Å². The van der Waals surface area contributed by atoms with Gasteiger partial charge in [0.2, 0.25) is 0 Å². The lowest BCUT2D eigenvalue weighted by Crippen LogP contribution is -2.20. The van der Waals surface area contributed by atoms with Crippen molar-refractivity contribution in [2.45, 2.75) is 44.3 Å². The highest BCUT2D eigenvalue weighted by Crippen LogP contribution is 2.70. The Balaban J connectivity index is 1.85. The van der Waals surface area contributed by atoms with Crippen LogP contribution in [0.4, 0.5) is 0 Å². The van der Waals surface area contributed by atoms with E-state index in [1.807, 2.05) is 0 Å². The van der Waals surface area contributed by atoms with Crippen LogP contribution < -0.4 is 0 Å². The molecule has 1 aliphatic heterocycles. The summed E-state index contributed by atoms with van der Waals surface area (Å²) >= 11 is 0. The van der Waals surface area contributed by atoms with Gasteiger partial charge in [0.1, 0.15) is 0 Å². The van der Waals surface area contributed by atoms with E-state index in [9.17, 15) is 0 Å². The topological polar surface area (TPSA) is 12.5 Å². The average molecular weight is 150 g/mol. The molecule has 60 valence electrons. The van der Waals surface area contributed by atoms with Crippen LogP contribution in [0, 0.1) is 17.3 Å². The van der Waals surface area contributed by atoms with Gasteiger partial charge in [-0.2, -0.15) is 0 Å². The Bertz CT molecular complexity index is 215. The van der Waals surface area contributed by atoms with E-state index >= 15 is 0 Å². The van der Waals surface area contributed by atoms with Gasteiger partial charge in [-0.05, 0) is 49.4 Å². The Hall–Kier alpha value is -0.0400. The Kier molecular flexibility index (Phi) is 0.706. The lowest BCUT2D eigenvalue weighted by atomic mass is 9.80. The summed E-state index contributed by atoms with van der Waals surface area (Å²) < 4.78 is 5.64. The summed E-state index contributed by atoms with van der Waals surface area (Å²) in [6.45, 7) is 0. The molecule has 4 fully saturated rings. The quantitative estimate of drug-likeness (QED) is 0.481. The van der Waals surface area contributed by atoms with Crippen molar-refractivity contribution in [1.29, 1.82) is 0 Å². The summed E-state index contributed by atoms with van der Waals surface area (Å²) in [5.74, 6) is 2.10. The summed E-state index contributed by atoms with van der Waals surface area (Å²) in [4.78, 5) is 0. The van der Waals surface area contributed by atoms with Gasteiger partial charge < -0.3 is 4.74 Å². The molecule has 1 heteroatoms. The first-order valence-corrected chi connectivity index (χ1v) is 5.05. The predicted molar refractivity (Wildman–Crippen MR) is 41.2 cm³/mol. The maximum Gasteiger partial charge on any atom is 0.0878 e. The first-order chi connectivity index (χ1) is 5.39. The van der Waals surface area contributed by atoms with Gasteiger partial charge in [0.15, 0.2) is 0 Å². The van der Waals surface area contributed by atoms with Crippen LogP contribution in [0.3, 0.4) is 0 Å². The minimum Gasteiger partial charge on any atom is -0.369 e. The monoisotopic (exact) mass is 150 g/mol. The molecule has 4 aliphatic rings. The van der Waals surface area contributed by atoms with E-state index in [1.54, 1.807) is 12.8 Å². The van der Waals surface area contributed by atoms with Gasteiger partial charge in [0.05, 0.1) is 12.2 Å². The summed E-state index contributed by atoms with van der Waals surface area (Å²) in [5.41, 5.74) is 0.818. The fraction of sp³-hybridized carbons (Fsp3) is 1.00. The second-order valence-electron chi connectivity index (χ2n) is 5.07. The molecule has 3 saturated carbocycles. The van der Waals surface area contributed by atoms with Crippen LogP contribution in [-0.2, 0) is 4.74 Å². The van der Waals surface area contributed by atoms with E-state index in [0.29, 0.717) is 0 Å². The van der Waals surface area contributed by atoms with Gasteiger partial charge in [-0.25, -0.2) is 0 Å². The van der Waals surface area contributed by atoms with Crippen LogP contribution in [-0.4, -0.2) is 12.2 Å². The van der Waals surface area contributed by atoms with Crippen molar-refractivity contribution in [1.82, 2.24) is 0 Å². The molecule has 3 atom stereocenters. The molecule has 1 nitrogen and oxygen atoms in total. The second kappa shape index (κ2) is 1.39. The van der Waals surface area contributed by atoms with E-state index in [2.05, 4.69) is 0 Å². The zero-order valence-electron chi connectivity index (χ0n) is 6.75. The molecule has 0 amide bonds. The molecule has 0 aromatic rings. The Labute approximate surface area is 67.1 Å². The summed E-state index contributed by atoms with van der Waals surface area (Å²) in [6.07, 6.45) is 9.03. The fourth-order valence-corrected chi connectivity index (χ4v) is 4.40. The minimum atomic E-state index is 0.725. The molecule has 4 rings (SSSR count). The molecule has 0 N–H and O–H groups in total. The van der Waals surface area contributed by atoms with Crippen molar-refractivity contribution >= 4 is 0 Å². The molecule has 1 unspecified atom stereocenters. The smallest absolute Gasteiger partial charge is 0.0878 e. The molecular formula is C10H14O. The van der Waals surface area contributed by atoms with Crippen molar-refractivity contribution in [3.05, 3.63) is 0 Å². The first-order valence-electron chi connectivity index (χ1n) is 5.05. The van der Waals surface area contributed by atoms with Gasteiger partial charge >= 0.3 is 0 Å². The van der Waals surface area contributed by atoms with Crippen LogP contribution in [0.2, 0.25) is 0 Å². The Morgan fingerprint density at radius 3 is 2.73 bits per heavy atom. The van der Waals surface area contributed by atoms with E-state index in [4.69, 9.17) is 4.74 Å². The SMILES string of the molecule is C1CC23CCC1C2[C@@H]1O[C@@H]1C3. The first kappa shape index (κ1) is 5.58. The van der Waals surface area contributed by atoms with Gasteiger partial charge in [-0.1, -0.05) is 0 Å². The van der Waals surface area contributed by atoms with Crippen molar-refractivity contribution in [2.24, 2.45) is 17.3 Å². The minimum absolute atomic E-state index is 0.725. The molecular weight excluding hydrogens is 136 g/mol. The highest BCUT2D eigenvalue weighted by atomic mass is 16.6. The predicted octanol–water partition coefficient (Wildman–Crippen LogP) is 1.96. The van der Waals surface area contributed by atoms with Gasteiger partial charge in [0, 0.05) is 0 Å². The molecule has 11 heavy (non-hydrogen) atoms. The molecule has 1 saturated heterocycles. The standard InChI is InChI=1S/C10H14O/c1-3-10-4-2-6(1)8(10)9-7(5-10)11-9/h6-9H,1-5H2/t6?,7-,8?,9-,10?/m1/s1. The van der Waals surface area contributed by atoms with Crippen LogP contribution in [0.25, 0.3) is 0 Å². The fourth-order valence-electron chi connectivity index (χ4n) is 4.40. The lowest BCUT2D eigenvalue weighted by Gasteiger charge is -2.26. The third kappa shape index (κ3) is 0.462. The van der Waals surface area contributed by atoms with Crippen LogP contribution in [0.5, 0.6) is 0 Å². The number of hydrogen-bond acceptors (Lipinski definition) is 1. The van der Waals surface area contributed by atoms with Crippen molar-refractivity contribution in [2.75, 3.05) is 0 Å². The van der Waals surface area contributed by atoms with Crippen LogP contribution in [0.15, 0.2) is 0 Å². The maximum atomic E-state index is 5.64. The second-order valence-corrected chi connectivity index (χ2v) is 5.07. The number of rotatable bonds is 0. The molecule has 3 aliphatic carbocycles. The van der Waals surface area contributed by atoms with Crippen molar-refractivity contribution < 1.29 is 4.74 Å².